The Kier molecular flexibility index (Phi) is 5.40. The molecule has 0 bridgehead atoms. The Morgan fingerprint density at radius 2 is 1.71 bits per heavy atom. The van der Waals surface area contributed by atoms with Crippen molar-refractivity contribution in [1.82, 2.24) is 0 Å². The van der Waals surface area contributed by atoms with Crippen LogP contribution in [0, 0.1) is 6.92 Å². The summed E-state index contributed by atoms with van der Waals surface area (Å²) in [5.41, 5.74) is 4.38. The van der Waals surface area contributed by atoms with Gasteiger partial charge >= 0.3 is 0 Å². The maximum atomic E-state index is 5.95. The van der Waals surface area contributed by atoms with Crippen LogP contribution in [0.1, 0.15) is 25.0 Å². The van der Waals surface area contributed by atoms with Crippen LogP contribution in [0.2, 0.25) is 5.02 Å². The highest BCUT2D eigenvalue weighted by Gasteiger charge is 2.01. The van der Waals surface area contributed by atoms with Crippen molar-refractivity contribution in [3.63, 3.8) is 0 Å². The molecule has 21 heavy (non-hydrogen) atoms. The van der Waals surface area contributed by atoms with Gasteiger partial charge in [-0.25, -0.2) is 0 Å². The molecule has 0 radical (unpaired) electrons. The number of aryl methyl sites for hydroxylation is 1. The third kappa shape index (κ3) is 4.08. The lowest BCUT2D eigenvalue weighted by atomic mass is 10.2. The number of hydrogen-bond acceptors (Lipinski definition) is 2. The van der Waals surface area contributed by atoms with E-state index in [9.17, 15) is 0 Å². The Balaban J connectivity index is 2.14. The number of anilines is 1. The molecule has 0 fully saturated rings. The molecular formula is C18H21ClN2. The quantitative estimate of drug-likeness (QED) is 0.689. The van der Waals surface area contributed by atoms with Crippen LogP contribution in [-0.4, -0.2) is 19.3 Å². The number of rotatable bonds is 5. The summed E-state index contributed by atoms with van der Waals surface area (Å²) in [6, 6.07) is 14.2. The van der Waals surface area contributed by atoms with E-state index < -0.39 is 0 Å². The van der Waals surface area contributed by atoms with Gasteiger partial charge in [0.15, 0.2) is 0 Å². The molecule has 0 saturated heterocycles. The van der Waals surface area contributed by atoms with E-state index in [4.69, 9.17) is 11.6 Å². The van der Waals surface area contributed by atoms with Gasteiger partial charge in [0.2, 0.25) is 0 Å². The SMILES string of the molecule is CCN(CC)c1ccc(C=Nc2ccc(Cl)cc2C)cc1. The van der Waals surface area contributed by atoms with Gasteiger partial charge in [-0.05, 0) is 62.2 Å². The first-order chi connectivity index (χ1) is 10.1. The van der Waals surface area contributed by atoms with Crippen LogP contribution >= 0.6 is 11.6 Å². The molecule has 2 rings (SSSR count). The third-order valence-electron chi connectivity index (χ3n) is 3.53. The fraction of sp³-hybridized carbons (Fsp3) is 0.278. The second-order valence-electron chi connectivity index (χ2n) is 4.95. The van der Waals surface area contributed by atoms with Crippen molar-refractivity contribution in [1.29, 1.82) is 0 Å². The van der Waals surface area contributed by atoms with Gasteiger partial charge in [-0.1, -0.05) is 23.7 Å². The van der Waals surface area contributed by atoms with E-state index in [0.29, 0.717) is 0 Å². The average Bonchev–Trinajstić information content (AvgIpc) is 2.49. The summed E-state index contributed by atoms with van der Waals surface area (Å²) in [6.45, 7) is 8.40. The molecule has 0 heterocycles. The van der Waals surface area contributed by atoms with E-state index >= 15 is 0 Å². The van der Waals surface area contributed by atoms with Gasteiger partial charge < -0.3 is 4.90 Å². The van der Waals surface area contributed by atoms with Gasteiger partial charge in [-0.2, -0.15) is 0 Å². The van der Waals surface area contributed by atoms with Crippen LogP contribution in [-0.2, 0) is 0 Å². The average molecular weight is 301 g/mol. The van der Waals surface area contributed by atoms with Crippen LogP contribution in [0.4, 0.5) is 11.4 Å². The van der Waals surface area contributed by atoms with Gasteiger partial charge in [-0.15, -0.1) is 0 Å². The standard InChI is InChI=1S/C18H21ClN2/c1-4-21(5-2)17-9-6-15(7-10-17)13-20-18-11-8-16(19)12-14(18)3/h6-13H,4-5H2,1-3H3. The molecule has 0 N–H and O–H groups in total. The summed E-state index contributed by atoms with van der Waals surface area (Å²) in [6.07, 6.45) is 1.89. The lowest BCUT2D eigenvalue weighted by Gasteiger charge is -2.20. The van der Waals surface area contributed by atoms with Crippen molar-refractivity contribution in [2.24, 2.45) is 4.99 Å². The molecule has 0 spiro atoms. The van der Waals surface area contributed by atoms with Gasteiger partial charge in [0.1, 0.15) is 0 Å². The Hall–Kier alpha value is -1.80. The zero-order valence-corrected chi connectivity index (χ0v) is 13.6. The van der Waals surface area contributed by atoms with Crippen LogP contribution < -0.4 is 4.90 Å². The predicted molar refractivity (Wildman–Crippen MR) is 93.4 cm³/mol. The fourth-order valence-electron chi connectivity index (χ4n) is 2.27. The molecule has 0 unspecified atom stereocenters. The third-order valence-corrected chi connectivity index (χ3v) is 3.77. The monoisotopic (exact) mass is 300 g/mol. The highest BCUT2D eigenvalue weighted by atomic mass is 35.5. The minimum atomic E-state index is 0.745. The molecule has 0 aliphatic rings. The molecule has 0 amide bonds. The van der Waals surface area contributed by atoms with Crippen molar-refractivity contribution in [3.05, 3.63) is 58.6 Å². The number of aliphatic imine (C=N–C) groups is 1. The fourth-order valence-corrected chi connectivity index (χ4v) is 2.49. The second kappa shape index (κ2) is 7.28. The van der Waals surface area contributed by atoms with E-state index in [2.05, 4.69) is 48.0 Å². The lowest BCUT2D eigenvalue weighted by molar-refractivity contribution is 0.866. The van der Waals surface area contributed by atoms with E-state index in [1.165, 1.54) is 5.69 Å². The molecule has 2 aromatic carbocycles. The molecule has 0 atom stereocenters. The summed E-state index contributed by atoms with van der Waals surface area (Å²) < 4.78 is 0. The zero-order valence-electron chi connectivity index (χ0n) is 12.8. The first-order valence-electron chi connectivity index (χ1n) is 7.29. The normalized spacial score (nSPS) is 11.0. The largest absolute Gasteiger partial charge is 0.372 e. The van der Waals surface area contributed by atoms with Crippen molar-refractivity contribution >= 4 is 29.2 Å². The van der Waals surface area contributed by atoms with Crippen molar-refractivity contribution in [2.45, 2.75) is 20.8 Å². The first kappa shape index (κ1) is 15.6. The van der Waals surface area contributed by atoms with Crippen LogP contribution in [0.3, 0.4) is 0 Å². The highest BCUT2D eigenvalue weighted by molar-refractivity contribution is 6.30. The van der Waals surface area contributed by atoms with Gasteiger partial charge in [0, 0.05) is 30.0 Å². The van der Waals surface area contributed by atoms with Gasteiger partial charge in [0.05, 0.1) is 5.69 Å². The molecule has 3 heteroatoms. The highest BCUT2D eigenvalue weighted by Crippen LogP contribution is 2.22. The number of hydrogen-bond donors (Lipinski definition) is 0. The lowest BCUT2D eigenvalue weighted by Crippen LogP contribution is -2.21. The molecule has 0 saturated carbocycles. The van der Waals surface area contributed by atoms with E-state index in [-0.39, 0.29) is 0 Å². The predicted octanol–water partition coefficient (Wildman–Crippen LogP) is 5.25. The molecule has 0 aliphatic carbocycles. The van der Waals surface area contributed by atoms with Gasteiger partial charge in [0.25, 0.3) is 0 Å². The molecular weight excluding hydrogens is 280 g/mol. The van der Waals surface area contributed by atoms with Crippen LogP contribution in [0.25, 0.3) is 0 Å². The molecule has 2 nitrogen and oxygen atoms in total. The maximum Gasteiger partial charge on any atom is 0.0660 e. The Morgan fingerprint density at radius 3 is 2.29 bits per heavy atom. The minimum Gasteiger partial charge on any atom is -0.372 e. The smallest absolute Gasteiger partial charge is 0.0660 e. The molecule has 110 valence electrons. The first-order valence-corrected chi connectivity index (χ1v) is 7.67. The Morgan fingerprint density at radius 1 is 1.05 bits per heavy atom. The summed E-state index contributed by atoms with van der Waals surface area (Å²) in [5, 5.41) is 0.745. The molecule has 2 aromatic rings. The van der Waals surface area contributed by atoms with E-state index in [1.54, 1.807) is 0 Å². The summed E-state index contributed by atoms with van der Waals surface area (Å²) >= 11 is 5.95. The van der Waals surface area contributed by atoms with Crippen molar-refractivity contribution in [3.8, 4) is 0 Å². The minimum absolute atomic E-state index is 0.745. The number of nitrogens with zero attached hydrogens (tertiary/aromatic N) is 2. The van der Waals surface area contributed by atoms with E-state index in [0.717, 1.165) is 34.9 Å². The zero-order chi connectivity index (χ0) is 15.2. The summed E-state index contributed by atoms with van der Waals surface area (Å²) in [5.74, 6) is 0. The van der Waals surface area contributed by atoms with Gasteiger partial charge in [-0.3, -0.25) is 4.99 Å². The second-order valence-corrected chi connectivity index (χ2v) is 5.39. The molecule has 0 aromatic heterocycles. The topological polar surface area (TPSA) is 15.6 Å². The van der Waals surface area contributed by atoms with E-state index in [1.807, 2.05) is 31.3 Å². The summed E-state index contributed by atoms with van der Waals surface area (Å²) in [7, 11) is 0. The number of benzene rings is 2. The Bertz CT molecular complexity index is 614. The maximum absolute atomic E-state index is 5.95. The van der Waals surface area contributed by atoms with Crippen molar-refractivity contribution in [2.75, 3.05) is 18.0 Å². The number of halogens is 1. The Labute approximate surface area is 132 Å². The summed E-state index contributed by atoms with van der Waals surface area (Å²) in [4.78, 5) is 6.86. The molecule has 0 aliphatic heterocycles. The van der Waals surface area contributed by atoms with Crippen molar-refractivity contribution < 1.29 is 0 Å². The van der Waals surface area contributed by atoms with Crippen LogP contribution in [0.5, 0.6) is 0 Å². The van der Waals surface area contributed by atoms with Crippen LogP contribution in [0.15, 0.2) is 47.5 Å².